The van der Waals surface area contributed by atoms with E-state index in [0.29, 0.717) is 12.1 Å². The Morgan fingerprint density at radius 3 is 2.68 bits per heavy atom. The van der Waals surface area contributed by atoms with Crippen LogP contribution in [0.15, 0.2) is 12.4 Å². The van der Waals surface area contributed by atoms with Gasteiger partial charge in [-0.15, -0.1) is 0 Å². The topological polar surface area (TPSA) is 50.3 Å². The lowest BCUT2D eigenvalue weighted by molar-refractivity contribution is 0.0355. The fraction of sp³-hybridized carbons (Fsp3) is 0.765. The molecule has 0 saturated carbocycles. The van der Waals surface area contributed by atoms with Crippen LogP contribution in [0.4, 0.5) is 5.82 Å². The van der Waals surface area contributed by atoms with Crippen LogP contribution >= 0.6 is 0 Å². The number of aryl methyl sites for hydroxylation is 1. The van der Waals surface area contributed by atoms with Crippen LogP contribution in [0.2, 0.25) is 0 Å². The Hall–Kier alpha value is -1.20. The van der Waals surface area contributed by atoms with Gasteiger partial charge in [-0.05, 0) is 39.5 Å². The van der Waals surface area contributed by atoms with Crippen LogP contribution in [0.5, 0.6) is 0 Å². The minimum absolute atomic E-state index is 0.0376. The van der Waals surface area contributed by atoms with E-state index < -0.39 is 0 Å². The Kier molecular flexibility index (Phi) is 4.64. The molecule has 0 spiro atoms. The molecule has 5 heteroatoms. The fourth-order valence-corrected chi connectivity index (χ4v) is 3.51. The van der Waals surface area contributed by atoms with Crippen molar-refractivity contribution in [1.29, 1.82) is 0 Å². The maximum Gasteiger partial charge on any atom is 0.132 e. The van der Waals surface area contributed by atoms with Gasteiger partial charge in [0, 0.05) is 36.9 Å². The van der Waals surface area contributed by atoms with Crippen LogP contribution in [0.25, 0.3) is 0 Å². The van der Waals surface area contributed by atoms with Gasteiger partial charge >= 0.3 is 0 Å². The van der Waals surface area contributed by atoms with Crippen LogP contribution in [-0.4, -0.2) is 47.3 Å². The average Bonchev–Trinajstić information content (AvgIpc) is 2.87. The molecule has 1 N–H and O–H groups in total. The third kappa shape index (κ3) is 3.76. The number of piperidine rings is 1. The lowest BCUT2D eigenvalue weighted by Crippen LogP contribution is -2.47. The molecule has 0 aliphatic carbocycles. The molecular weight excluding hydrogens is 276 g/mol. The highest BCUT2D eigenvalue weighted by Gasteiger charge is 2.33. The number of nitrogens with one attached hydrogen (secondary N) is 1. The van der Waals surface area contributed by atoms with E-state index in [-0.39, 0.29) is 5.60 Å². The fourth-order valence-electron chi connectivity index (χ4n) is 3.51. The van der Waals surface area contributed by atoms with Gasteiger partial charge in [0.1, 0.15) is 12.1 Å². The summed E-state index contributed by atoms with van der Waals surface area (Å²) in [5, 5.41) is 3.78. The SMILES string of the molecule is CCc1cc(N2CCC(NC3COC(C)(C)C3)CC2)ncn1. The van der Waals surface area contributed by atoms with E-state index in [4.69, 9.17) is 4.74 Å². The maximum absolute atomic E-state index is 5.82. The second-order valence-corrected chi connectivity index (χ2v) is 7.12. The molecule has 0 amide bonds. The van der Waals surface area contributed by atoms with Gasteiger partial charge in [-0.25, -0.2) is 9.97 Å². The van der Waals surface area contributed by atoms with E-state index in [1.165, 1.54) is 12.8 Å². The molecule has 122 valence electrons. The third-order valence-electron chi connectivity index (χ3n) is 4.78. The zero-order valence-corrected chi connectivity index (χ0v) is 14.0. The Balaban J connectivity index is 1.50. The number of ether oxygens (including phenoxy) is 1. The molecule has 1 atom stereocenters. The highest BCUT2D eigenvalue weighted by molar-refractivity contribution is 5.39. The minimum Gasteiger partial charge on any atom is -0.374 e. The summed E-state index contributed by atoms with van der Waals surface area (Å²) in [5.41, 5.74) is 1.16. The first-order valence-corrected chi connectivity index (χ1v) is 8.51. The normalized spacial score (nSPS) is 25.6. The average molecular weight is 304 g/mol. The van der Waals surface area contributed by atoms with Gasteiger partial charge in [0.2, 0.25) is 0 Å². The van der Waals surface area contributed by atoms with E-state index in [9.17, 15) is 0 Å². The Morgan fingerprint density at radius 2 is 2.05 bits per heavy atom. The van der Waals surface area contributed by atoms with Crippen LogP contribution in [0.1, 0.15) is 45.7 Å². The maximum atomic E-state index is 5.82. The Labute approximate surface area is 133 Å². The van der Waals surface area contributed by atoms with E-state index in [1.807, 2.05) is 0 Å². The molecule has 1 unspecified atom stereocenters. The van der Waals surface area contributed by atoms with Gasteiger partial charge in [-0.1, -0.05) is 6.92 Å². The predicted octanol–water partition coefficient (Wildman–Crippen LogP) is 2.16. The van der Waals surface area contributed by atoms with Gasteiger partial charge in [-0.3, -0.25) is 0 Å². The number of rotatable bonds is 4. The van der Waals surface area contributed by atoms with Crippen LogP contribution < -0.4 is 10.2 Å². The lowest BCUT2D eigenvalue weighted by atomic mass is 9.99. The summed E-state index contributed by atoms with van der Waals surface area (Å²) < 4.78 is 5.82. The first-order chi connectivity index (χ1) is 10.6. The molecule has 5 nitrogen and oxygen atoms in total. The molecule has 0 bridgehead atoms. The zero-order valence-electron chi connectivity index (χ0n) is 14.0. The zero-order chi connectivity index (χ0) is 15.6. The molecule has 1 aromatic heterocycles. The molecule has 2 aliphatic heterocycles. The molecule has 1 aromatic rings. The molecular formula is C17H28N4O. The first-order valence-electron chi connectivity index (χ1n) is 8.51. The molecule has 2 saturated heterocycles. The van der Waals surface area contributed by atoms with E-state index in [0.717, 1.165) is 44.0 Å². The Morgan fingerprint density at radius 1 is 1.27 bits per heavy atom. The van der Waals surface area contributed by atoms with Crippen molar-refractivity contribution >= 4 is 5.82 Å². The predicted molar refractivity (Wildman–Crippen MR) is 88.2 cm³/mol. The number of hydrogen-bond donors (Lipinski definition) is 1. The molecule has 0 radical (unpaired) electrons. The largest absolute Gasteiger partial charge is 0.374 e. The highest BCUT2D eigenvalue weighted by atomic mass is 16.5. The van der Waals surface area contributed by atoms with Crippen molar-refractivity contribution in [3.8, 4) is 0 Å². The van der Waals surface area contributed by atoms with Crippen molar-refractivity contribution in [2.75, 3.05) is 24.6 Å². The molecule has 0 aromatic carbocycles. The Bertz CT molecular complexity index is 497. The number of anilines is 1. The van der Waals surface area contributed by atoms with Crippen LogP contribution in [-0.2, 0) is 11.2 Å². The summed E-state index contributed by atoms with van der Waals surface area (Å²) in [6.45, 7) is 9.46. The van der Waals surface area contributed by atoms with Crippen molar-refractivity contribution in [3.63, 3.8) is 0 Å². The number of nitrogens with zero attached hydrogens (tertiary/aromatic N) is 3. The minimum atomic E-state index is 0.0376. The molecule has 3 rings (SSSR count). The summed E-state index contributed by atoms with van der Waals surface area (Å²) in [7, 11) is 0. The second-order valence-electron chi connectivity index (χ2n) is 7.12. The number of hydrogen-bond acceptors (Lipinski definition) is 5. The van der Waals surface area contributed by atoms with Crippen molar-refractivity contribution in [2.45, 2.75) is 64.1 Å². The monoisotopic (exact) mass is 304 g/mol. The van der Waals surface area contributed by atoms with E-state index in [2.05, 4.69) is 47.0 Å². The summed E-state index contributed by atoms with van der Waals surface area (Å²) >= 11 is 0. The quantitative estimate of drug-likeness (QED) is 0.924. The van der Waals surface area contributed by atoms with Gasteiger partial charge in [-0.2, -0.15) is 0 Å². The van der Waals surface area contributed by atoms with Crippen molar-refractivity contribution in [3.05, 3.63) is 18.1 Å². The van der Waals surface area contributed by atoms with Crippen molar-refractivity contribution in [2.24, 2.45) is 0 Å². The van der Waals surface area contributed by atoms with Crippen molar-refractivity contribution in [1.82, 2.24) is 15.3 Å². The summed E-state index contributed by atoms with van der Waals surface area (Å²) in [6, 6.07) is 3.24. The summed E-state index contributed by atoms with van der Waals surface area (Å²) in [4.78, 5) is 11.1. The number of aromatic nitrogens is 2. The molecule has 3 heterocycles. The second kappa shape index (κ2) is 6.50. The standard InChI is InChI=1S/C17H28N4O/c1-4-13-9-16(19-12-18-13)21-7-5-14(6-8-21)20-15-10-17(2,3)22-11-15/h9,12,14-15,20H,4-8,10-11H2,1-3H3. The lowest BCUT2D eigenvalue weighted by Gasteiger charge is -2.34. The molecule has 2 fully saturated rings. The van der Waals surface area contributed by atoms with Crippen LogP contribution in [0.3, 0.4) is 0 Å². The van der Waals surface area contributed by atoms with Crippen molar-refractivity contribution < 1.29 is 4.74 Å². The first kappa shape index (κ1) is 15.7. The van der Waals surface area contributed by atoms with E-state index in [1.54, 1.807) is 6.33 Å². The molecule has 22 heavy (non-hydrogen) atoms. The van der Waals surface area contributed by atoms with Gasteiger partial charge in [0.05, 0.1) is 12.2 Å². The van der Waals surface area contributed by atoms with Gasteiger partial charge in [0.25, 0.3) is 0 Å². The third-order valence-corrected chi connectivity index (χ3v) is 4.78. The molecule has 2 aliphatic rings. The van der Waals surface area contributed by atoms with Crippen LogP contribution in [0, 0.1) is 0 Å². The van der Waals surface area contributed by atoms with Gasteiger partial charge in [0.15, 0.2) is 0 Å². The van der Waals surface area contributed by atoms with Gasteiger partial charge < -0.3 is 15.0 Å². The smallest absolute Gasteiger partial charge is 0.132 e. The summed E-state index contributed by atoms with van der Waals surface area (Å²) in [6.07, 6.45) is 6.10. The summed E-state index contributed by atoms with van der Waals surface area (Å²) in [5.74, 6) is 1.08. The highest BCUT2D eigenvalue weighted by Crippen LogP contribution is 2.26. The van der Waals surface area contributed by atoms with E-state index >= 15 is 0 Å².